The van der Waals surface area contributed by atoms with Crippen molar-refractivity contribution >= 4 is 5.97 Å². The van der Waals surface area contributed by atoms with E-state index < -0.39 is 12.0 Å². The molecule has 0 saturated heterocycles. The Hall–Kier alpha value is -1.50. The molecule has 66 valence electrons. The van der Waals surface area contributed by atoms with Gasteiger partial charge < -0.3 is 10.8 Å². The normalized spacial score (nSPS) is 12.8. The van der Waals surface area contributed by atoms with Gasteiger partial charge in [0, 0.05) is 13.5 Å². The van der Waals surface area contributed by atoms with E-state index in [9.17, 15) is 4.79 Å². The lowest BCUT2D eigenvalue weighted by molar-refractivity contribution is -0.138. The Balaban J connectivity index is 2.64. The molecule has 1 aromatic rings. The molecule has 1 unspecified atom stereocenters. The zero-order chi connectivity index (χ0) is 9.14. The maximum atomic E-state index is 10.3. The summed E-state index contributed by atoms with van der Waals surface area (Å²) in [5, 5.41) is 19.0. The summed E-state index contributed by atoms with van der Waals surface area (Å²) in [6.07, 6.45) is 0.138. The summed E-state index contributed by atoms with van der Waals surface area (Å²) < 4.78 is 1.39. The summed E-state index contributed by atoms with van der Waals surface area (Å²) in [6.45, 7) is 0. The van der Waals surface area contributed by atoms with E-state index in [0.29, 0.717) is 5.82 Å². The van der Waals surface area contributed by atoms with Crippen LogP contribution in [0.5, 0.6) is 0 Å². The van der Waals surface area contributed by atoms with Crippen LogP contribution in [0, 0.1) is 0 Å². The number of aromatic nitrogens is 4. The van der Waals surface area contributed by atoms with E-state index in [4.69, 9.17) is 10.8 Å². The van der Waals surface area contributed by atoms with Gasteiger partial charge in [-0.25, -0.2) is 4.68 Å². The van der Waals surface area contributed by atoms with Gasteiger partial charge >= 0.3 is 5.97 Å². The maximum absolute atomic E-state index is 10.3. The van der Waals surface area contributed by atoms with E-state index >= 15 is 0 Å². The lowest BCUT2D eigenvalue weighted by Crippen LogP contribution is -2.33. The summed E-state index contributed by atoms with van der Waals surface area (Å²) in [5.74, 6) is -0.595. The quantitative estimate of drug-likeness (QED) is 0.553. The molecule has 0 radical (unpaired) electrons. The Morgan fingerprint density at radius 1 is 1.83 bits per heavy atom. The number of hydrogen-bond donors (Lipinski definition) is 2. The number of tetrazole rings is 1. The van der Waals surface area contributed by atoms with Gasteiger partial charge in [-0.2, -0.15) is 0 Å². The molecule has 3 N–H and O–H groups in total. The number of rotatable bonds is 3. The van der Waals surface area contributed by atoms with Crippen LogP contribution < -0.4 is 5.73 Å². The fourth-order valence-electron chi connectivity index (χ4n) is 0.705. The van der Waals surface area contributed by atoms with Crippen molar-refractivity contribution in [1.82, 2.24) is 20.2 Å². The van der Waals surface area contributed by atoms with Crippen LogP contribution in [0.15, 0.2) is 0 Å². The molecule has 12 heavy (non-hydrogen) atoms. The van der Waals surface area contributed by atoms with Gasteiger partial charge in [0.1, 0.15) is 6.04 Å². The molecule has 1 rings (SSSR count). The molecular weight excluding hydrogens is 162 g/mol. The van der Waals surface area contributed by atoms with E-state index in [1.54, 1.807) is 7.05 Å². The predicted octanol–water partition coefficient (Wildman–Crippen LogP) is -1.84. The fraction of sp³-hybridized carbons (Fsp3) is 0.600. The van der Waals surface area contributed by atoms with Crippen molar-refractivity contribution in [2.45, 2.75) is 12.5 Å². The summed E-state index contributed by atoms with van der Waals surface area (Å²) >= 11 is 0. The van der Waals surface area contributed by atoms with Gasteiger partial charge in [-0.1, -0.05) is 0 Å². The first-order chi connectivity index (χ1) is 5.61. The Morgan fingerprint density at radius 2 is 2.50 bits per heavy atom. The molecule has 7 nitrogen and oxygen atoms in total. The summed E-state index contributed by atoms with van der Waals surface area (Å²) in [5.41, 5.74) is 5.27. The van der Waals surface area contributed by atoms with Gasteiger partial charge in [0.2, 0.25) is 0 Å². The monoisotopic (exact) mass is 171 g/mol. The van der Waals surface area contributed by atoms with Crippen LogP contribution in [0.25, 0.3) is 0 Å². The Bertz CT molecular complexity index is 283. The fourth-order valence-corrected chi connectivity index (χ4v) is 0.705. The molecule has 0 amide bonds. The molecule has 0 saturated carbocycles. The van der Waals surface area contributed by atoms with Crippen molar-refractivity contribution in [3.63, 3.8) is 0 Å². The third kappa shape index (κ3) is 1.76. The van der Waals surface area contributed by atoms with Crippen LogP contribution in [-0.2, 0) is 18.3 Å². The molecule has 1 aromatic heterocycles. The minimum atomic E-state index is -1.06. The molecule has 1 heterocycles. The van der Waals surface area contributed by atoms with Crippen LogP contribution in [0.4, 0.5) is 0 Å². The first-order valence-electron chi connectivity index (χ1n) is 3.31. The average Bonchev–Trinajstić information content (AvgIpc) is 2.36. The zero-order valence-corrected chi connectivity index (χ0v) is 6.51. The van der Waals surface area contributed by atoms with E-state index in [-0.39, 0.29) is 6.42 Å². The van der Waals surface area contributed by atoms with Crippen LogP contribution in [0.1, 0.15) is 5.82 Å². The molecule has 0 fully saturated rings. The summed E-state index contributed by atoms with van der Waals surface area (Å²) in [7, 11) is 1.63. The van der Waals surface area contributed by atoms with E-state index in [1.807, 2.05) is 0 Å². The highest BCUT2D eigenvalue weighted by Gasteiger charge is 2.15. The van der Waals surface area contributed by atoms with Crippen molar-refractivity contribution in [3.05, 3.63) is 5.82 Å². The number of aryl methyl sites for hydroxylation is 1. The van der Waals surface area contributed by atoms with Gasteiger partial charge in [-0.15, -0.1) is 5.10 Å². The van der Waals surface area contributed by atoms with Crippen molar-refractivity contribution in [1.29, 1.82) is 0 Å². The molecule has 0 aliphatic heterocycles. The molecule has 0 bridgehead atoms. The van der Waals surface area contributed by atoms with Crippen LogP contribution in [0.3, 0.4) is 0 Å². The first-order valence-corrected chi connectivity index (χ1v) is 3.31. The maximum Gasteiger partial charge on any atom is 0.320 e. The number of carbonyl (C=O) groups is 1. The summed E-state index contributed by atoms with van der Waals surface area (Å²) in [6, 6.07) is -0.949. The molecule has 0 aromatic carbocycles. The van der Waals surface area contributed by atoms with Gasteiger partial charge in [-0.05, 0) is 10.4 Å². The molecule has 0 spiro atoms. The topological polar surface area (TPSA) is 107 Å². The number of hydrogen-bond acceptors (Lipinski definition) is 5. The SMILES string of the molecule is Cn1nnnc1CC(N)C(=O)O. The minimum absolute atomic E-state index is 0.138. The number of carboxylic acid groups (broad SMARTS) is 1. The van der Waals surface area contributed by atoms with Crippen molar-refractivity contribution in [3.8, 4) is 0 Å². The highest BCUT2D eigenvalue weighted by Crippen LogP contribution is 1.93. The standard InChI is InChI=1S/C5H9N5O2/c1-10-4(7-8-9-10)2-3(6)5(11)12/h3H,2,6H2,1H3,(H,11,12). The second kappa shape index (κ2) is 3.26. The lowest BCUT2D eigenvalue weighted by atomic mass is 10.2. The van der Waals surface area contributed by atoms with Crippen molar-refractivity contribution in [2.75, 3.05) is 0 Å². The van der Waals surface area contributed by atoms with Crippen molar-refractivity contribution in [2.24, 2.45) is 12.8 Å². The zero-order valence-electron chi connectivity index (χ0n) is 6.51. The van der Waals surface area contributed by atoms with E-state index in [0.717, 1.165) is 0 Å². The number of carboxylic acids is 1. The largest absolute Gasteiger partial charge is 0.480 e. The third-order valence-corrected chi connectivity index (χ3v) is 1.43. The molecular formula is C5H9N5O2. The Morgan fingerprint density at radius 3 is 2.92 bits per heavy atom. The van der Waals surface area contributed by atoms with E-state index in [1.165, 1.54) is 4.68 Å². The Kier molecular flexibility index (Phi) is 2.34. The van der Waals surface area contributed by atoms with Crippen LogP contribution >= 0.6 is 0 Å². The minimum Gasteiger partial charge on any atom is -0.480 e. The van der Waals surface area contributed by atoms with Crippen LogP contribution in [-0.4, -0.2) is 37.3 Å². The molecule has 0 aliphatic rings. The molecule has 7 heteroatoms. The van der Waals surface area contributed by atoms with E-state index in [2.05, 4.69) is 15.5 Å². The number of nitrogens with two attached hydrogens (primary N) is 1. The average molecular weight is 171 g/mol. The third-order valence-electron chi connectivity index (χ3n) is 1.43. The first kappa shape index (κ1) is 8.60. The van der Waals surface area contributed by atoms with Gasteiger partial charge in [0.15, 0.2) is 5.82 Å². The Labute approximate surface area is 68.2 Å². The second-order valence-corrected chi connectivity index (χ2v) is 2.37. The smallest absolute Gasteiger partial charge is 0.320 e. The van der Waals surface area contributed by atoms with Gasteiger partial charge in [0.05, 0.1) is 0 Å². The van der Waals surface area contributed by atoms with Gasteiger partial charge in [-0.3, -0.25) is 4.79 Å². The van der Waals surface area contributed by atoms with Crippen molar-refractivity contribution < 1.29 is 9.90 Å². The predicted molar refractivity (Wildman–Crippen MR) is 38.1 cm³/mol. The summed E-state index contributed by atoms with van der Waals surface area (Å²) in [4.78, 5) is 10.3. The highest BCUT2D eigenvalue weighted by molar-refractivity contribution is 5.73. The van der Waals surface area contributed by atoms with Gasteiger partial charge in [0.25, 0.3) is 0 Å². The number of aliphatic carboxylic acids is 1. The highest BCUT2D eigenvalue weighted by atomic mass is 16.4. The molecule has 1 atom stereocenters. The lowest BCUT2D eigenvalue weighted by Gasteiger charge is -2.02. The molecule has 0 aliphatic carbocycles. The number of nitrogens with zero attached hydrogens (tertiary/aromatic N) is 4. The van der Waals surface area contributed by atoms with Crippen LogP contribution in [0.2, 0.25) is 0 Å². The second-order valence-electron chi connectivity index (χ2n) is 2.37.